The number of morpholine rings is 1. The molecule has 2 bridgehead atoms. The van der Waals surface area contributed by atoms with E-state index in [4.69, 9.17) is 4.74 Å². The van der Waals surface area contributed by atoms with E-state index >= 15 is 0 Å². The number of nitrogens with zero attached hydrogens (tertiary/aromatic N) is 1. The van der Waals surface area contributed by atoms with Crippen LogP contribution in [-0.2, 0) is 4.74 Å². The van der Waals surface area contributed by atoms with Crippen molar-refractivity contribution in [2.24, 2.45) is 10.8 Å². The monoisotopic (exact) mass is 281 g/mol. The molecule has 2 aliphatic rings. The smallest absolute Gasteiger partial charge is 0.0834 e. The Morgan fingerprint density at radius 3 is 1.95 bits per heavy atom. The number of hydrogen-bond acceptors (Lipinski definition) is 2. The number of likely N-dealkylation sites (tertiary alicyclic amines) is 1. The van der Waals surface area contributed by atoms with E-state index in [1.807, 2.05) is 0 Å². The molecule has 2 nitrogen and oxygen atoms in total. The van der Waals surface area contributed by atoms with Gasteiger partial charge in [-0.1, -0.05) is 41.5 Å². The molecule has 0 N–H and O–H groups in total. The fourth-order valence-electron chi connectivity index (χ4n) is 4.31. The highest BCUT2D eigenvalue weighted by atomic mass is 16.5. The van der Waals surface area contributed by atoms with Crippen molar-refractivity contribution in [1.82, 2.24) is 4.90 Å². The van der Waals surface area contributed by atoms with Gasteiger partial charge in [0.05, 0.1) is 11.7 Å². The molecular weight excluding hydrogens is 246 g/mol. The maximum absolute atomic E-state index is 6.67. The van der Waals surface area contributed by atoms with Crippen LogP contribution in [0.15, 0.2) is 0 Å². The maximum Gasteiger partial charge on any atom is 0.0834 e. The summed E-state index contributed by atoms with van der Waals surface area (Å²) in [7, 11) is 0. The van der Waals surface area contributed by atoms with E-state index in [2.05, 4.69) is 67.2 Å². The SMILES string of the molecule is CC(C)(C)C[C@]12C[C@H]([C@H](C(C)(C)C)O1)N(C(C)(C)C)C2. The van der Waals surface area contributed by atoms with Crippen molar-refractivity contribution in [3.05, 3.63) is 0 Å². The average Bonchev–Trinajstić information content (AvgIpc) is 2.65. The standard InChI is InChI=1S/C18H35NO/c1-15(2,3)11-18-10-13(14(20-18)16(4,5)6)19(12-18)17(7,8)9/h13-14H,10-12H2,1-9H3/t13-,14-,18+/m1/s1. The van der Waals surface area contributed by atoms with Crippen molar-refractivity contribution in [3.63, 3.8) is 0 Å². The van der Waals surface area contributed by atoms with Gasteiger partial charge in [-0.05, 0) is 44.4 Å². The van der Waals surface area contributed by atoms with E-state index in [9.17, 15) is 0 Å². The molecule has 0 aromatic heterocycles. The summed E-state index contributed by atoms with van der Waals surface area (Å²) < 4.78 is 6.67. The van der Waals surface area contributed by atoms with Gasteiger partial charge in [0, 0.05) is 18.1 Å². The summed E-state index contributed by atoms with van der Waals surface area (Å²) in [5.41, 5.74) is 0.852. The van der Waals surface area contributed by atoms with Gasteiger partial charge in [0.15, 0.2) is 0 Å². The van der Waals surface area contributed by atoms with Crippen LogP contribution < -0.4 is 0 Å². The first-order chi connectivity index (χ1) is 8.74. The van der Waals surface area contributed by atoms with Crippen LogP contribution in [0, 0.1) is 10.8 Å². The molecule has 2 rings (SSSR count). The normalized spacial score (nSPS) is 35.9. The molecule has 0 radical (unpaired) electrons. The van der Waals surface area contributed by atoms with E-state index in [1.54, 1.807) is 0 Å². The molecule has 0 aromatic rings. The predicted molar refractivity (Wildman–Crippen MR) is 86.0 cm³/mol. The Kier molecular flexibility index (Phi) is 3.63. The lowest BCUT2D eigenvalue weighted by molar-refractivity contribution is -0.158. The van der Waals surface area contributed by atoms with Crippen LogP contribution >= 0.6 is 0 Å². The Labute approximate surface area is 126 Å². The van der Waals surface area contributed by atoms with Crippen LogP contribution in [0.4, 0.5) is 0 Å². The minimum absolute atomic E-state index is 0.0775. The van der Waals surface area contributed by atoms with Gasteiger partial charge in [-0.25, -0.2) is 0 Å². The summed E-state index contributed by atoms with van der Waals surface area (Å²) in [5, 5.41) is 0. The van der Waals surface area contributed by atoms with E-state index in [0.29, 0.717) is 17.6 Å². The predicted octanol–water partition coefficient (Wildman–Crippen LogP) is 4.48. The first-order valence-corrected chi connectivity index (χ1v) is 8.18. The minimum Gasteiger partial charge on any atom is -0.368 e. The summed E-state index contributed by atoms with van der Waals surface area (Å²) in [4.78, 5) is 2.71. The van der Waals surface area contributed by atoms with Gasteiger partial charge in [-0.3, -0.25) is 4.90 Å². The Morgan fingerprint density at radius 1 is 1.00 bits per heavy atom. The van der Waals surface area contributed by atoms with Crippen LogP contribution in [-0.4, -0.2) is 34.7 Å². The molecule has 0 aliphatic carbocycles. The minimum atomic E-state index is 0.0775. The molecule has 118 valence electrons. The van der Waals surface area contributed by atoms with Gasteiger partial charge in [0.2, 0.25) is 0 Å². The van der Waals surface area contributed by atoms with E-state index in [0.717, 1.165) is 13.0 Å². The lowest BCUT2D eigenvalue weighted by Crippen LogP contribution is -2.58. The van der Waals surface area contributed by atoms with Gasteiger partial charge in [0.1, 0.15) is 0 Å². The first-order valence-electron chi connectivity index (χ1n) is 8.18. The van der Waals surface area contributed by atoms with Crippen LogP contribution in [0.25, 0.3) is 0 Å². The molecule has 2 heteroatoms. The van der Waals surface area contributed by atoms with Crippen molar-refractivity contribution in [2.45, 2.75) is 98.4 Å². The molecular formula is C18H35NO. The Morgan fingerprint density at radius 2 is 1.55 bits per heavy atom. The average molecular weight is 281 g/mol. The van der Waals surface area contributed by atoms with Crippen LogP contribution in [0.3, 0.4) is 0 Å². The van der Waals surface area contributed by atoms with Crippen LogP contribution in [0.1, 0.15) is 75.2 Å². The van der Waals surface area contributed by atoms with Crippen molar-refractivity contribution >= 4 is 0 Å². The zero-order chi connectivity index (χ0) is 15.6. The topological polar surface area (TPSA) is 12.5 Å². The zero-order valence-corrected chi connectivity index (χ0v) is 15.1. The summed E-state index contributed by atoms with van der Waals surface area (Å²) >= 11 is 0. The quantitative estimate of drug-likeness (QED) is 0.702. The second-order valence-electron chi connectivity index (χ2n) is 10.4. The molecule has 3 atom stereocenters. The van der Waals surface area contributed by atoms with Crippen LogP contribution in [0.2, 0.25) is 0 Å². The fourth-order valence-corrected chi connectivity index (χ4v) is 4.31. The second-order valence-corrected chi connectivity index (χ2v) is 10.4. The Balaban J connectivity index is 2.30. The first kappa shape index (κ1) is 16.3. The number of ether oxygens (including phenoxy) is 1. The van der Waals surface area contributed by atoms with Crippen molar-refractivity contribution in [1.29, 1.82) is 0 Å². The van der Waals surface area contributed by atoms with Gasteiger partial charge in [-0.2, -0.15) is 0 Å². The second kappa shape index (κ2) is 4.46. The zero-order valence-electron chi connectivity index (χ0n) is 15.1. The van der Waals surface area contributed by atoms with Gasteiger partial charge in [-0.15, -0.1) is 0 Å². The molecule has 20 heavy (non-hydrogen) atoms. The lowest BCUT2D eigenvalue weighted by atomic mass is 9.81. The highest BCUT2D eigenvalue weighted by Gasteiger charge is 2.60. The molecule has 2 aliphatic heterocycles. The van der Waals surface area contributed by atoms with E-state index in [-0.39, 0.29) is 16.6 Å². The number of rotatable bonds is 1. The Hall–Kier alpha value is -0.0800. The largest absolute Gasteiger partial charge is 0.368 e. The molecule has 0 aromatic carbocycles. The number of fused-ring (bicyclic) bond motifs is 2. The van der Waals surface area contributed by atoms with Gasteiger partial charge >= 0.3 is 0 Å². The molecule has 0 amide bonds. The number of hydrogen-bond donors (Lipinski definition) is 0. The highest BCUT2D eigenvalue weighted by Crippen LogP contribution is 2.52. The highest BCUT2D eigenvalue weighted by molar-refractivity contribution is 5.12. The summed E-state index contributed by atoms with van der Waals surface area (Å²) in [6.45, 7) is 22.1. The van der Waals surface area contributed by atoms with Crippen molar-refractivity contribution < 1.29 is 4.74 Å². The van der Waals surface area contributed by atoms with Gasteiger partial charge < -0.3 is 4.74 Å². The third kappa shape index (κ3) is 3.06. The van der Waals surface area contributed by atoms with E-state index < -0.39 is 0 Å². The lowest BCUT2D eigenvalue weighted by Gasteiger charge is -2.48. The third-order valence-corrected chi connectivity index (χ3v) is 4.73. The summed E-state index contributed by atoms with van der Waals surface area (Å²) in [6.07, 6.45) is 2.73. The third-order valence-electron chi connectivity index (χ3n) is 4.73. The molecule has 0 saturated carbocycles. The summed E-state index contributed by atoms with van der Waals surface area (Å²) in [6, 6.07) is 0.581. The molecule has 2 fully saturated rings. The van der Waals surface area contributed by atoms with Crippen molar-refractivity contribution in [3.8, 4) is 0 Å². The van der Waals surface area contributed by atoms with Gasteiger partial charge in [0.25, 0.3) is 0 Å². The summed E-state index contributed by atoms with van der Waals surface area (Å²) in [5.74, 6) is 0. The van der Waals surface area contributed by atoms with Crippen molar-refractivity contribution in [2.75, 3.05) is 6.54 Å². The van der Waals surface area contributed by atoms with Crippen LogP contribution in [0.5, 0.6) is 0 Å². The molecule has 0 unspecified atom stereocenters. The Bertz CT molecular complexity index is 342. The molecule has 0 spiro atoms. The molecule has 2 saturated heterocycles. The molecule has 2 heterocycles. The maximum atomic E-state index is 6.67. The van der Waals surface area contributed by atoms with E-state index in [1.165, 1.54) is 6.42 Å². The fraction of sp³-hybridized carbons (Fsp3) is 1.00.